The Labute approximate surface area is 141 Å². The minimum Gasteiger partial charge on any atom is -0.487 e. The standard InChI is InChI=1S/C15H15ClN4O4/c16-10-7-17-4-3-12(10)24-9-2-1-5-20(8-9)14(22)11-6-13(21)19-15(23)18-11/h3-4,6-7,9H,1-2,5,8H2,(H2,18,19,21,23). The number of carbonyl (C=O) groups is 1. The van der Waals surface area contributed by atoms with Gasteiger partial charge in [-0.15, -0.1) is 0 Å². The molecule has 0 aromatic carbocycles. The summed E-state index contributed by atoms with van der Waals surface area (Å²) in [6, 6.07) is 2.74. The summed E-state index contributed by atoms with van der Waals surface area (Å²) in [5.41, 5.74) is -1.36. The van der Waals surface area contributed by atoms with Crippen molar-refractivity contribution < 1.29 is 9.53 Å². The molecule has 126 valence electrons. The predicted octanol–water partition coefficient (Wildman–Crippen LogP) is 0.795. The van der Waals surface area contributed by atoms with Gasteiger partial charge < -0.3 is 14.6 Å². The van der Waals surface area contributed by atoms with Crippen LogP contribution in [0.5, 0.6) is 5.75 Å². The maximum atomic E-state index is 12.5. The molecule has 8 nitrogen and oxygen atoms in total. The van der Waals surface area contributed by atoms with Gasteiger partial charge in [0.2, 0.25) is 0 Å². The highest BCUT2D eigenvalue weighted by Crippen LogP contribution is 2.25. The number of hydrogen-bond donors (Lipinski definition) is 2. The Balaban J connectivity index is 1.73. The molecule has 9 heteroatoms. The van der Waals surface area contributed by atoms with Crippen molar-refractivity contribution in [1.29, 1.82) is 0 Å². The Morgan fingerprint density at radius 3 is 2.96 bits per heavy atom. The molecule has 0 bridgehead atoms. The number of amides is 1. The largest absolute Gasteiger partial charge is 0.487 e. The average molecular weight is 351 g/mol. The van der Waals surface area contributed by atoms with E-state index in [-0.39, 0.29) is 11.8 Å². The van der Waals surface area contributed by atoms with Crippen molar-refractivity contribution in [3.05, 3.63) is 56.1 Å². The van der Waals surface area contributed by atoms with E-state index in [9.17, 15) is 14.4 Å². The number of aromatic amines is 2. The molecule has 3 rings (SSSR count). The lowest BCUT2D eigenvalue weighted by Crippen LogP contribution is -2.45. The first-order valence-corrected chi connectivity index (χ1v) is 7.80. The van der Waals surface area contributed by atoms with Crippen LogP contribution in [-0.4, -0.2) is 45.0 Å². The highest BCUT2D eigenvalue weighted by molar-refractivity contribution is 6.31. The van der Waals surface area contributed by atoms with Gasteiger partial charge in [-0.05, 0) is 12.8 Å². The van der Waals surface area contributed by atoms with E-state index >= 15 is 0 Å². The summed E-state index contributed by atoms with van der Waals surface area (Å²) in [5.74, 6) is 0.0999. The van der Waals surface area contributed by atoms with Crippen LogP contribution in [0.2, 0.25) is 5.02 Å². The number of ether oxygens (including phenoxy) is 1. The van der Waals surface area contributed by atoms with Crippen LogP contribution >= 0.6 is 11.6 Å². The molecule has 2 aromatic heterocycles. The first kappa shape index (κ1) is 16.3. The summed E-state index contributed by atoms with van der Waals surface area (Å²) in [7, 11) is 0. The zero-order valence-electron chi connectivity index (χ0n) is 12.6. The van der Waals surface area contributed by atoms with Crippen LogP contribution < -0.4 is 16.0 Å². The number of halogens is 1. The second kappa shape index (κ2) is 6.88. The summed E-state index contributed by atoms with van der Waals surface area (Å²) in [6.45, 7) is 0.865. The van der Waals surface area contributed by atoms with E-state index < -0.39 is 17.2 Å². The van der Waals surface area contributed by atoms with Gasteiger partial charge in [0.1, 0.15) is 22.6 Å². The molecule has 3 heterocycles. The second-order valence-electron chi connectivity index (χ2n) is 5.44. The minimum atomic E-state index is -0.709. The molecule has 24 heavy (non-hydrogen) atoms. The van der Waals surface area contributed by atoms with Gasteiger partial charge in [-0.25, -0.2) is 4.79 Å². The van der Waals surface area contributed by atoms with Crippen LogP contribution in [0.3, 0.4) is 0 Å². The normalized spacial score (nSPS) is 17.5. The van der Waals surface area contributed by atoms with Crippen molar-refractivity contribution >= 4 is 17.5 Å². The SMILES string of the molecule is O=C(c1cc(=O)[nH]c(=O)[nH]1)N1CCCC(Oc2ccncc2Cl)C1. The van der Waals surface area contributed by atoms with E-state index in [1.54, 1.807) is 17.2 Å². The molecule has 1 atom stereocenters. The third-order valence-electron chi connectivity index (χ3n) is 3.69. The van der Waals surface area contributed by atoms with Gasteiger partial charge in [0.25, 0.3) is 11.5 Å². The summed E-state index contributed by atoms with van der Waals surface area (Å²) >= 11 is 6.03. The Kier molecular flexibility index (Phi) is 4.66. The van der Waals surface area contributed by atoms with Crippen LogP contribution in [0.4, 0.5) is 0 Å². The number of aromatic nitrogens is 3. The highest BCUT2D eigenvalue weighted by Gasteiger charge is 2.26. The molecule has 2 aromatic rings. The minimum absolute atomic E-state index is 0.0358. The number of hydrogen-bond acceptors (Lipinski definition) is 5. The van der Waals surface area contributed by atoms with E-state index in [2.05, 4.69) is 9.97 Å². The van der Waals surface area contributed by atoms with E-state index in [0.717, 1.165) is 18.9 Å². The number of carbonyl (C=O) groups excluding carboxylic acids is 1. The quantitative estimate of drug-likeness (QED) is 0.851. The third-order valence-corrected chi connectivity index (χ3v) is 3.97. The van der Waals surface area contributed by atoms with Crippen molar-refractivity contribution in [2.24, 2.45) is 0 Å². The Bertz CT molecular complexity index is 835. The van der Waals surface area contributed by atoms with Gasteiger partial charge in [-0.1, -0.05) is 11.6 Å². The fourth-order valence-corrected chi connectivity index (χ4v) is 2.77. The fourth-order valence-electron chi connectivity index (χ4n) is 2.61. The molecule has 1 saturated heterocycles. The van der Waals surface area contributed by atoms with Crippen molar-refractivity contribution in [2.75, 3.05) is 13.1 Å². The summed E-state index contributed by atoms with van der Waals surface area (Å²) in [4.78, 5) is 45.0. The summed E-state index contributed by atoms with van der Waals surface area (Å²) in [5, 5.41) is 0.403. The molecule has 1 aliphatic rings. The van der Waals surface area contributed by atoms with Gasteiger partial charge in [-0.3, -0.25) is 19.6 Å². The number of likely N-dealkylation sites (tertiary alicyclic amines) is 1. The average Bonchev–Trinajstić information content (AvgIpc) is 2.56. The molecule has 1 fully saturated rings. The molecule has 2 N–H and O–H groups in total. The molecule has 1 aliphatic heterocycles. The van der Waals surface area contributed by atoms with E-state index in [1.165, 1.54) is 6.20 Å². The molecule has 1 amide bonds. The molecule has 0 spiro atoms. The number of nitrogens with zero attached hydrogens (tertiary/aromatic N) is 2. The lowest BCUT2D eigenvalue weighted by Gasteiger charge is -2.32. The molecular formula is C15H15ClN4O4. The Morgan fingerprint density at radius 1 is 1.38 bits per heavy atom. The van der Waals surface area contributed by atoms with Crippen LogP contribution in [-0.2, 0) is 0 Å². The first-order valence-electron chi connectivity index (χ1n) is 7.42. The van der Waals surface area contributed by atoms with Crippen LogP contribution in [0.15, 0.2) is 34.1 Å². The second-order valence-corrected chi connectivity index (χ2v) is 5.85. The van der Waals surface area contributed by atoms with Gasteiger partial charge in [0, 0.05) is 31.1 Å². The third kappa shape index (κ3) is 3.65. The predicted molar refractivity (Wildman–Crippen MR) is 86.5 cm³/mol. The molecule has 0 saturated carbocycles. The van der Waals surface area contributed by atoms with E-state index in [4.69, 9.17) is 16.3 Å². The maximum Gasteiger partial charge on any atom is 0.326 e. The number of rotatable bonds is 3. The number of nitrogens with one attached hydrogen (secondary N) is 2. The zero-order valence-corrected chi connectivity index (χ0v) is 13.4. The van der Waals surface area contributed by atoms with Gasteiger partial charge in [0.05, 0.1) is 6.54 Å². The smallest absolute Gasteiger partial charge is 0.326 e. The van der Waals surface area contributed by atoms with Crippen LogP contribution in [0.1, 0.15) is 23.3 Å². The lowest BCUT2D eigenvalue weighted by molar-refractivity contribution is 0.0532. The van der Waals surface area contributed by atoms with Crippen molar-refractivity contribution in [1.82, 2.24) is 19.9 Å². The van der Waals surface area contributed by atoms with Gasteiger partial charge in [0.15, 0.2) is 0 Å². The summed E-state index contributed by atoms with van der Waals surface area (Å²) in [6.07, 6.45) is 4.36. The monoisotopic (exact) mass is 350 g/mol. The topological polar surface area (TPSA) is 108 Å². The van der Waals surface area contributed by atoms with E-state index in [1.807, 2.05) is 4.98 Å². The molecule has 1 unspecified atom stereocenters. The number of pyridine rings is 1. The van der Waals surface area contributed by atoms with Gasteiger partial charge >= 0.3 is 5.69 Å². The van der Waals surface area contributed by atoms with Crippen molar-refractivity contribution in [3.63, 3.8) is 0 Å². The maximum absolute atomic E-state index is 12.5. The van der Waals surface area contributed by atoms with Crippen LogP contribution in [0.25, 0.3) is 0 Å². The number of H-pyrrole nitrogens is 2. The fraction of sp³-hybridized carbons (Fsp3) is 0.333. The summed E-state index contributed by atoms with van der Waals surface area (Å²) < 4.78 is 5.84. The first-order chi connectivity index (χ1) is 11.5. The van der Waals surface area contributed by atoms with Gasteiger partial charge in [-0.2, -0.15) is 0 Å². The highest BCUT2D eigenvalue weighted by atomic mass is 35.5. The van der Waals surface area contributed by atoms with E-state index in [0.29, 0.717) is 23.9 Å². The van der Waals surface area contributed by atoms with Crippen LogP contribution in [0, 0.1) is 0 Å². The molecule has 0 aliphatic carbocycles. The Hall–Kier alpha value is -2.61. The molecule has 0 radical (unpaired) electrons. The van der Waals surface area contributed by atoms with Crippen molar-refractivity contribution in [3.8, 4) is 5.75 Å². The van der Waals surface area contributed by atoms with Crippen molar-refractivity contribution in [2.45, 2.75) is 18.9 Å². The lowest BCUT2D eigenvalue weighted by atomic mass is 10.1. The zero-order chi connectivity index (χ0) is 17.1. The number of piperidine rings is 1. The molecular weight excluding hydrogens is 336 g/mol. The Morgan fingerprint density at radius 2 is 2.21 bits per heavy atom.